The average molecular weight is 415 g/mol. The van der Waals surface area contributed by atoms with Crippen molar-refractivity contribution in [1.82, 2.24) is 0 Å². The van der Waals surface area contributed by atoms with E-state index in [0.717, 1.165) is 21.7 Å². The van der Waals surface area contributed by atoms with E-state index in [1.165, 1.54) is 24.3 Å². The van der Waals surface area contributed by atoms with E-state index in [9.17, 15) is 19.7 Å². The number of nitrogens with zero attached hydrogens (tertiary/aromatic N) is 1. The van der Waals surface area contributed by atoms with Crippen molar-refractivity contribution in [3.8, 4) is 0 Å². The number of carbonyl (C=O) groups excluding carboxylic acids is 2. The lowest BCUT2D eigenvalue weighted by molar-refractivity contribution is -0.883. The quantitative estimate of drug-likeness (QED) is 0.400. The number of ether oxygens (including phenoxy) is 1. The molecule has 0 aliphatic heterocycles. The number of quaternary nitrogens is 1. The maximum Gasteiger partial charge on any atom is 0.279 e. The van der Waals surface area contributed by atoms with Crippen LogP contribution in [0.5, 0.6) is 0 Å². The van der Waals surface area contributed by atoms with E-state index in [1.807, 2.05) is 32.0 Å². The summed E-state index contributed by atoms with van der Waals surface area (Å²) in [4.78, 5) is 35.9. The number of nitro benzene ring substituents is 1. The monoisotopic (exact) mass is 415 g/mol. The molecule has 0 aliphatic rings. The van der Waals surface area contributed by atoms with Gasteiger partial charge in [0.1, 0.15) is 6.54 Å². The van der Waals surface area contributed by atoms with Gasteiger partial charge in [0.05, 0.1) is 11.5 Å². The molecule has 0 radical (unpaired) electrons. The summed E-state index contributed by atoms with van der Waals surface area (Å²) < 4.78 is 5.09. The number of non-ortho nitro benzene ring substituents is 1. The van der Waals surface area contributed by atoms with Gasteiger partial charge >= 0.3 is 0 Å². The minimum Gasteiger partial charge on any atom is -0.379 e. The van der Waals surface area contributed by atoms with E-state index in [4.69, 9.17) is 4.74 Å². The smallest absolute Gasteiger partial charge is 0.279 e. The molecule has 160 valence electrons. The Balaban J connectivity index is 1.96. The lowest BCUT2D eigenvalue weighted by Crippen LogP contribution is -3.14. The van der Waals surface area contributed by atoms with Crippen LogP contribution in [-0.2, 0) is 14.3 Å². The fourth-order valence-corrected chi connectivity index (χ4v) is 2.89. The van der Waals surface area contributed by atoms with Crippen LogP contribution in [0.4, 0.5) is 17.1 Å². The third-order valence-electron chi connectivity index (χ3n) is 4.72. The lowest BCUT2D eigenvalue weighted by Gasteiger charge is -2.19. The molecule has 9 heteroatoms. The molecule has 2 aromatic carbocycles. The SMILES string of the molecule is COCC[NH+](CC(=O)Nc1ccc([N+](=O)[O-])cc1)CC(=O)Nc1cccc(C)c1C. The van der Waals surface area contributed by atoms with E-state index in [0.29, 0.717) is 18.8 Å². The molecule has 30 heavy (non-hydrogen) atoms. The van der Waals surface area contributed by atoms with Crippen LogP contribution in [0.25, 0.3) is 0 Å². The van der Waals surface area contributed by atoms with Crippen LogP contribution in [-0.4, -0.2) is 50.1 Å². The summed E-state index contributed by atoms with van der Waals surface area (Å²) >= 11 is 0. The number of hydrogen-bond acceptors (Lipinski definition) is 5. The Morgan fingerprint density at radius 3 is 2.27 bits per heavy atom. The number of aryl methyl sites for hydroxylation is 1. The Kier molecular flexibility index (Phi) is 8.45. The molecule has 0 saturated heterocycles. The Labute approximate surface area is 175 Å². The van der Waals surface area contributed by atoms with Gasteiger partial charge in [0.25, 0.3) is 17.5 Å². The second-order valence-corrected chi connectivity index (χ2v) is 6.99. The van der Waals surface area contributed by atoms with E-state index in [2.05, 4.69) is 10.6 Å². The van der Waals surface area contributed by atoms with Crippen molar-refractivity contribution in [2.45, 2.75) is 13.8 Å². The number of nitro groups is 1. The Bertz CT molecular complexity index is 899. The summed E-state index contributed by atoms with van der Waals surface area (Å²) in [7, 11) is 1.56. The van der Waals surface area contributed by atoms with Crippen molar-refractivity contribution in [2.75, 3.05) is 44.0 Å². The van der Waals surface area contributed by atoms with Gasteiger partial charge in [-0.3, -0.25) is 19.7 Å². The minimum absolute atomic E-state index is 0.0524. The van der Waals surface area contributed by atoms with Crippen molar-refractivity contribution in [3.05, 3.63) is 63.7 Å². The topological polar surface area (TPSA) is 115 Å². The second kappa shape index (κ2) is 11.0. The largest absolute Gasteiger partial charge is 0.379 e. The molecule has 2 rings (SSSR count). The third-order valence-corrected chi connectivity index (χ3v) is 4.72. The van der Waals surface area contributed by atoms with Crippen LogP contribution in [0.1, 0.15) is 11.1 Å². The fourth-order valence-electron chi connectivity index (χ4n) is 2.89. The molecule has 0 saturated carbocycles. The van der Waals surface area contributed by atoms with E-state index in [-0.39, 0.29) is 30.6 Å². The number of anilines is 2. The van der Waals surface area contributed by atoms with E-state index < -0.39 is 4.92 Å². The zero-order valence-corrected chi connectivity index (χ0v) is 17.4. The van der Waals surface area contributed by atoms with Gasteiger partial charge in [-0.15, -0.1) is 0 Å². The van der Waals surface area contributed by atoms with Crippen molar-refractivity contribution in [2.24, 2.45) is 0 Å². The van der Waals surface area contributed by atoms with Crippen LogP contribution < -0.4 is 15.5 Å². The van der Waals surface area contributed by atoms with Crippen LogP contribution in [0.2, 0.25) is 0 Å². The molecule has 9 nitrogen and oxygen atoms in total. The molecular formula is C21H27N4O5+. The fraction of sp³-hybridized carbons (Fsp3) is 0.333. The molecule has 0 aliphatic carbocycles. The Morgan fingerprint density at radius 1 is 1.03 bits per heavy atom. The molecule has 0 spiro atoms. The highest BCUT2D eigenvalue weighted by Crippen LogP contribution is 2.17. The van der Waals surface area contributed by atoms with Gasteiger partial charge in [0, 0.05) is 30.6 Å². The predicted octanol–water partition coefficient (Wildman–Crippen LogP) is 1.32. The van der Waals surface area contributed by atoms with Gasteiger partial charge in [-0.05, 0) is 43.2 Å². The summed E-state index contributed by atoms with van der Waals surface area (Å²) in [5.41, 5.74) is 3.24. The molecular weight excluding hydrogens is 388 g/mol. The van der Waals surface area contributed by atoms with Gasteiger partial charge in [-0.2, -0.15) is 0 Å². The van der Waals surface area contributed by atoms with E-state index in [1.54, 1.807) is 7.11 Å². The summed E-state index contributed by atoms with van der Waals surface area (Å²) in [6.45, 7) is 4.95. The Morgan fingerprint density at radius 2 is 1.67 bits per heavy atom. The van der Waals surface area contributed by atoms with Crippen molar-refractivity contribution >= 4 is 28.9 Å². The number of carbonyl (C=O) groups is 2. The van der Waals surface area contributed by atoms with E-state index >= 15 is 0 Å². The zero-order chi connectivity index (χ0) is 22.1. The van der Waals surface area contributed by atoms with Crippen LogP contribution in [0.15, 0.2) is 42.5 Å². The first-order valence-corrected chi connectivity index (χ1v) is 9.53. The highest BCUT2D eigenvalue weighted by molar-refractivity contribution is 5.93. The zero-order valence-electron chi connectivity index (χ0n) is 17.4. The first kappa shape index (κ1) is 23.0. The van der Waals surface area contributed by atoms with Gasteiger partial charge in [0.2, 0.25) is 0 Å². The van der Waals surface area contributed by atoms with Crippen LogP contribution in [0, 0.1) is 24.0 Å². The molecule has 1 atom stereocenters. The highest BCUT2D eigenvalue weighted by Gasteiger charge is 2.19. The summed E-state index contributed by atoms with van der Waals surface area (Å²) in [6, 6.07) is 11.3. The lowest BCUT2D eigenvalue weighted by atomic mass is 10.1. The third kappa shape index (κ3) is 6.94. The molecule has 2 aromatic rings. The maximum absolute atomic E-state index is 12.5. The Hall–Kier alpha value is -3.30. The van der Waals surface area contributed by atoms with Gasteiger partial charge in [0.15, 0.2) is 13.1 Å². The average Bonchev–Trinajstić information content (AvgIpc) is 2.70. The maximum atomic E-state index is 12.5. The second-order valence-electron chi connectivity index (χ2n) is 6.99. The van der Waals surface area contributed by atoms with Crippen molar-refractivity contribution in [1.29, 1.82) is 0 Å². The molecule has 0 bridgehead atoms. The molecule has 3 N–H and O–H groups in total. The molecule has 1 unspecified atom stereocenters. The normalized spacial score (nSPS) is 11.6. The minimum atomic E-state index is -0.503. The number of nitrogens with one attached hydrogen (secondary N) is 3. The molecule has 2 amide bonds. The number of amides is 2. The van der Waals surface area contributed by atoms with Crippen LogP contribution >= 0.6 is 0 Å². The first-order chi connectivity index (χ1) is 14.3. The van der Waals surface area contributed by atoms with Crippen molar-refractivity contribution in [3.63, 3.8) is 0 Å². The number of rotatable bonds is 10. The number of methoxy groups -OCH3 is 1. The summed E-state index contributed by atoms with van der Waals surface area (Å²) in [6.07, 6.45) is 0. The molecule has 0 aromatic heterocycles. The molecule has 0 fully saturated rings. The first-order valence-electron chi connectivity index (χ1n) is 9.53. The van der Waals surface area contributed by atoms with Gasteiger partial charge in [-0.1, -0.05) is 12.1 Å². The van der Waals surface area contributed by atoms with Gasteiger partial charge < -0.3 is 20.3 Å². The van der Waals surface area contributed by atoms with Crippen molar-refractivity contribution < 1.29 is 24.1 Å². The van der Waals surface area contributed by atoms with Crippen LogP contribution in [0.3, 0.4) is 0 Å². The standard InChI is InChI=1S/C21H26N4O5/c1-15-5-4-6-19(16(15)2)23-21(27)14-24(11-12-30-3)13-20(26)22-17-7-9-18(10-8-17)25(28)29/h4-10H,11-14H2,1-3H3,(H,22,26)(H,23,27)/p+1. The predicted molar refractivity (Wildman–Crippen MR) is 114 cm³/mol. The molecule has 0 heterocycles. The number of benzene rings is 2. The number of hydrogen-bond donors (Lipinski definition) is 3. The van der Waals surface area contributed by atoms with Gasteiger partial charge in [-0.25, -0.2) is 0 Å². The summed E-state index contributed by atoms with van der Waals surface area (Å²) in [5, 5.41) is 16.3. The summed E-state index contributed by atoms with van der Waals surface area (Å²) in [5.74, 6) is -0.493. The highest BCUT2D eigenvalue weighted by atomic mass is 16.6.